The van der Waals surface area contributed by atoms with Gasteiger partial charge in [0.05, 0.1) is 30.5 Å². The zero-order chi connectivity index (χ0) is 10.4. The van der Waals surface area contributed by atoms with E-state index in [0.717, 1.165) is 5.69 Å². The lowest BCUT2D eigenvalue weighted by molar-refractivity contribution is 0.123. The number of methoxy groups -OCH3 is 1. The highest BCUT2D eigenvalue weighted by Gasteiger charge is 2.13. The van der Waals surface area contributed by atoms with E-state index < -0.39 is 0 Å². The highest BCUT2D eigenvalue weighted by molar-refractivity contribution is 7.07. The number of hydrogen-bond donors (Lipinski definition) is 2. The second-order valence-electron chi connectivity index (χ2n) is 3.14. The van der Waals surface area contributed by atoms with Crippen LogP contribution in [-0.2, 0) is 4.74 Å². The molecule has 0 aromatic carbocycles. The Morgan fingerprint density at radius 3 is 3.00 bits per heavy atom. The molecule has 2 N–H and O–H groups in total. The highest BCUT2D eigenvalue weighted by Crippen LogP contribution is 2.12. The standard InChI is InChI=1S/C9H16N2O2S/c1-7(9-5-14-6-10-9)11-8(3-12)4-13-2/h5-8,11-12H,3-4H2,1-2H3. The summed E-state index contributed by atoms with van der Waals surface area (Å²) in [5.41, 5.74) is 2.81. The van der Waals surface area contributed by atoms with Crippen molar-refractivity contribution in [3.8, 4) is 0 Å². The van der Waals surface area contributed by atoms with Crippen molar-refractivity contribution in [2.24, 2.45) is 0 Å². The molecule has 80 valence electrons. The molecule has 5 heteroatoms. The first-order chi connectivity index (χ1) is 6.77. The molecule has 1 heterocycles. The largest absolute Gasteiger partial charge is 0.395 e. The third-order valence-corrected chi connectivity index (χ3v) is 2.57. The summed E-state index contributed by atoms with van der Waals surface area (Å²) in [6.07, 6.45) is 0. The molecule has 0 amide bonds. The molecule has 0 aliphatic carbocycles. The minimum absolute atomic E-state index is 0.0308. The monoisotopic (exact) mass is 216 g/mol. The van der Waals surface area contributed by atoms with E-state index in [0.29, 0.717) is 6.61 Å². The fourth-order valence-electron chi connectivity index (χ4n) is 1.23. The van der Waals surface area contributed by atoms with Crippen LogP contribution in [0.2, 0.25) is 0 Å². The minimum atomic E-state index is -0.0308. The van der Waals surface area contributed by atoms with Crippen molar-refractivity contribution < 1.29 is 9.84 Å². The van der Waals surface area contributed by atoms with Crippen LogP contribution in [0.4, 0.5) is 0 Å². The van der Waals surface area contributed by atoms with Crippen molar-refractivity contribution in [1.82, 2.24) is 10.3 Å². The van der Waals surface area contributed by atoms with Crippen LogP contribution >= 0.6 is 11.3 Å². The Balaban J connectivity index is 2.42. The molecule has 4 nitrogen and oxygen atoms in total. The summed E-state index contributed by atoms with van der Waals surface area (Å²) in [5, 5.41) is 14.3. The van der Waals surface area contributed by atoms with Crippen LogP contribution in [-0.4, -0.2) is 36.5 Å². The van der Waals surface area contributed by atoms with E-state index in [1.807, 2.05) is 12.3 Å². The average Bonchev–Trinajstić information content (AvgIpc) is 2.69. The lowest BCUT2D eigenvalue weighted by Gasteiger charge is -2.19. The lowest BCUT2D eigenvalue weighted by atomic mass is 10.2. The number of nitrogens with one attached hydrogen (secondary N) is 1. The molecule has 14 heavy (non-hydrogen) atoms. The normalized spacial score (nSPS) is 15.4. The quantitative estimate of drug-likeness (QED) is 0.738. The van der Waals surface area contributed by atoms with Crippen LogP contribution in [0.25, 0.3) is 0 Å². The van der Waals surface area contributed by atoms with Gasteiger partial charge in [-0.25, -0.2) is 4.98 Å². The van der Waals surface area contributed by atoms with E-state index in [2.05, 4.69) is 10.3 Å². The second kappa shape index (κ2) is 6.08. The molecule has 1 rings (SSSR count). The van der Waals surface area contributed by atoms with Crippen molar-refractivity contribution in [2.45, 2.75) is 19.0 Å². The van der Waals surface area contributed by atoms with Gasteiger partial charge in [0, 0.05) is 18.5 Å². The molecular weight excluding hydrogens is 200 g/mol. The fourth-order valence-corrected chi connectivity index (χ4v) is 1.88. The maximum atomic E-state index is 9.04. The maximum absolute atomic E-state index is 9.04. The minimum Gasteiger partial charge on any atom is -0.395 e. The van der Waals surface area contributed by atoms with Crippen molar-refractivity contribution >= 4 is 11.3 Å². The van der Waals surface area contributed by atoms with Crippen molar-refractivity contribution in [3.05, 3.63) is 16.6 Å². The molecule has 2 atom stereocenters. The van der Waals surface area contributed by atoms with Crippen molar-refractivity contribution in [2.75, 3.05) is 20.3 Å². The zero-order valence-corrected chi connectivity index (χ0v) is 9.25. The number of hydrogen-bond acceptors (Lipinski definition) is 5. The average molecular weight is 216 g/mol. The number of rotatable bonds is 6. The summed E-state index contributed by atoms with van der Waals surface area (Å²) >= 11 is 1.57. The predicted octanol–water partition coefficient (Wildman–Crippen LogP) is 0.801. The van der Waals surface area contributed by atoms with E-state index in [-0.39, 0.29) is 18.7 Å². The smallest absolute Gasteiger partial charge is 0.0795 e. The number of thiazole rings is 1. The topological polar surface area (TPSA) is 54.4 Å². The van der Waals surface area contributed by atoms with Gasteiger partial charge >= 0.3 is 0 Å². The first-order valence-electron chi connectivity index (χ1n) is 4.51. The third-order valence-electron chi connectivity index (χ3n) is 1.97. The second-order valence-corrected chi connectivity index (χ2v) is 3.86. The first kappa shape index (κ1) is 11.6. The van der Waals surface area contributed by atoms with Crippen LogP contribution in [0.5, 0.6) is 0 Å². The highest BCUT2D eigenvalue weighted by atomic mass is 32.1. The van der Waals surface area contributed by atoms with Gasteiger partial charge in [-0.1, -0.05) is 0 Å². The summed E-state index contributed by atoms with van der Waals surface area (Å²) in [4.78, 5) is 4.20. The summed E-state index contributed by atoms with van der Waals surface area (Å²) < 4.78 is 4.97. The van der Waals surface area contributed by atoms with Crippen molar-refractivity contribution in [1.29, 1.82) is 0 Å². The molecule has 0 bridgehead atoms. The number of aliphatic hydroxyl groups excluding tert-OH is 1. The Labute approximate surface area is 87.9 Å². The van der Waals surface area contributed by atoms with Crippen LogP contribution < -0.4 is 5.32 Å². The molecule has 0 saturated carbocycles. The molecule has 0 spiro atoms. The van der Waals surface area contributed by atoms with Gasteiger partial charge in [-0.15, -0.1) is 11.3 Å². The van der Waals surface area contributed by atoms with Gasteiger partial charge in [0.15, 0.2) is 0 Å². The summed E-state index contributed by atoms with van der Waals surface area (Å²) in [6.45, 7) is 2.60. The Morgan fingerprint density at radius 2 is 2.50 bits per heavy atom. The maximum Gasteiger partial charge on any atom is 0.0795 e. The number of ether oxygens (including phenoxy) is 1. The van der Waals surface area contributed by atoms with Crippen molar-refractivity contribution in [3.63, 3.8) is 0 Å². The molecule has 0 aliphatic rings. The van der Waals surface area contributed by atoms with Gasteiger partial charge in [0.2, 0.25) is 0 Å². The van der Waals surface area contributed by atoms with Crippen LogP contribution in [0, 0.1) is 0 Å². The zero-order valence-electron chi connectivity index (χ0n) is 8.43. The van der Waals surface area contributed by atoms with E-state index in [1.54, 1.807) is 24.0 Å². The van der Waals surface area contributed by atoms with Gasteiger partial charge in [-0.2, -0.15) is 0 Å². The number of aromatic nitrogens is 1. The Morgan fingerprint density at radius 1 is 1.71 bits per heavy atom. The van der Waals surface area contributed by atoms with Crippen LogP contribution in [0.1, 0.15) is 18.7 Å². The summed E-state index contributed by atoms with van der Waals surface area (Å²) in [6, 6.07) is 0.116. The molecule has 1 aromatic heterocycles. The molecule has 0 saturated heterocycles. The third kappa shape index (κ3) is 3.34. The van der Waals surface area contributed by atoms with Gasteiger partial charge in [-0.05, 0) is 6.92 Å². The van der Waals surface area contributed by atoms with E-state index in [9.17, 15) is 0 Å². The SMILES string of the molecule is COCC(CO)NC(C)c1cscn1. The van der Waals surface area contributed by atoms with Gasteiger partial charge in [0.25, 0.3) is 0 Å². The van der Waals surface area contributed by atoms with Gasteiger partial charge in [-0.3, -0.25) is 0 Å². The summed E-state index contributed by atoms with van der Waals surface area (Å²) in [5.74, 6) is 0. The molecule has 1 aromatic rings. The molecule has 0 radical (unpaired) electrons. The van der Waals surface area contributed by atoms with E-state index in [1.165, 1.54) is 0 Å². The van der Waals surface area contributed by atoms with Crippen LogP contribution in [0.3, 0.4) is 0 Å². The molecule has 2 unspecified atom stereocenters. The first-order valence-corrected chi connectivity index (χ1v) is 5.46. The van der Waals surface area contributed by atoms with Crippen LogP contribution in [0.15, 0.2) is 10.9 Å². The Hall–Kier alpha value is -0.490. The number of nitrogens with zero attached hydrogens (tertiary/aromatic N) is 1. The number of aliphatic hydroxyl groups is 1. The van der Waals surface area contributed by atoms with E-state index in [4.69, 9.17) is 9.84 Å². The summed E-state index contributed by atoms with van der Waals surface area (Å²) in [7, 11) is 1.62. The van der Waals surface area contributed by atoms with Gasteiger partial charge in [0.1, 0.15) is 0 Å². The molecule has 0 fully saturated rings. The lowest BCUT2D eigenvalue weighted by Crippen LogP contribution is -2.38. The Kier molecular flexibility index (Phi) is 5.03. The van der Waals surface area contributed by atoms with E-state index >= 15 is 0 Å². The predicted molar refractivity (Wildman–Crippen MR) is 56.4 cm³/mol. The van der Waals surface area contributed by atoms with Gasteiger partial charge < -0.3 is 15.2 Å². The molecule has 0 aliphatic heterocycles. The fraction of sp³-hybridized carbons (Fsp3) is 0.667. The Bertz CT molecular complexity index is 241. The molecular formula is C9H16N2O2S.